The summed E-state index contributed by atoms with van der Waals surface area (Å²) in [5, 5.41) is 12.2. The van der Waals surface area contributed by atoms with Crippen molar-refractivity contribution in [1.29, 1.82) is 0 Å². The van der Waals surface area contributed by atoms with E-state index < -0.39 is 0 Å². The average molecular weight is 522 g/mol. The average Bonchev–Trinajstić information content (AvgIpc) is 3.35. The van der Waals surface area contributed by atoms with Crippen LogP contribution in [-0.2, 0) is 20.1 Å². The lowest BCUT2D eigenvalue weighted by Crippen LogP contribution is -2.38. The number of rotatable bonds is 7. The molecule has 3 heterocycles. The highest BCUT2D eigenvalue weighted by molar-refractivity contribution is 14.0. The van der Waals surface area contributed by atoms with Crippen molar-refractivity contribution in [1.82, 2.24) is 34.8 Å². The van der Waals surface area contributed by atoms with Crippen molar-refractivity contribution in [3.63, 3.8) is 0 Å². The smallest absolute Gasteiger partial charge is 0.194 e. The van der Waals surface area contributed by atoms with Crippen molar-refractivity contribution in [2.75, 3.05) is 13.6 Å². The van der Waals surface area contributed by atoms with E-state index in [2.05, 4.69) is 59.4 Å². The molecule has 0 spiro atoms. The zero-order chi connectivity index (χ0) is 20.8. The first-order valence-electron chi connectivity index (χ1n) is 9.94. The third-order valence-electron chi connectivity index (χ3n) is 4.55. The van der Waals surface area contributed by atoms with Crippen molar-refractivity contribution < 1.29 is 0 Å². The third kappa shape index (κ3) is 6.04. The highest BCUT2D eigenvalue weighted by Crippen LogP contribution is 2.18. The van der Waals surface area contributed by atoms with E-state index in [0.717, 1.165) is 36.1 Å². The van der Waals surface area contributed by atoms with E-state index >= 15 is 0 Å². The molecule has 0 amide bonds. The van der Waals surface area contributed by atoms with Crippen molar-refractivity contribution >= 4 is 29.9 Å². The van der Waals surface area contributed by atoms with Crippen molar-refractivity contribution in [3.05, 3.63) is 59.8 Å². The fraction of sp³-hybridized carbons (Fsp3) is 0.429. The number of pyridine rings is 1. The standard InChI is InChI=1S/C21H30N8.HI/c1-6-22-21(27(4)14-18-15-28(5)26-20(18)16(2)3)24-13-17-8-10-23-19(12-17)29-11-7-9-25-29;/h7-12,15-16H,6,13-14H2,1-5H3,(H,22,24);1H. The van der Waals surface area contributed by atoms with Gasteiger partial charge in [0.2, 0.25) is 0 Å². The molecule has 0 radical (unpaired) electrons. The van der Waals surface area contributed by atoms with E-state index in [0.29, 0.717) is 12.5 Å². The minimum absolute atomic E-state index is 0. The Kier molecular flexibility index (Phi) is 8.82. The second-order valence-corrected chi connectivity index (χ2v) is 7.37. The van der Waals surface area contributed by atoms with Gasteiger partial charge in [-0.1, -0.05) is 13.8 Å². The summed E-state index contributed by atoms with van der Waals surface area (Å²) in [6.45, 7) is 8.55. The summed E-state index contributed by atoms with van der Waals surface area (Å²) in [5.74, 6) is 2.04. The predicted molar refractivity (Wildman–Crippen MR) is 130 cm³/mol. The number of nitrogens with one attached hydrogen (secondary N) is 1. The van der Waals surface area contributed by atoms with Gasteiger partial charge in [0, 0.05) is 57.5 Å². The Labute approximate surface area is 195 Å². The molecule has 0 aliphatic rings. The maximum Gasteiger partial charge on any atom is 0.194 e. The van der Waals surface area contributed by atoms with Crippen LogP contribution in [-0.4, -0.2) is 49.0 Å². The van der Waals surface area contributed by atoms with Gasteiger partial charge in [-0.15, -0.1) is 24.0 Å². The Morgan fingerprint density at radius 2 is 2.10 bits per heavy atom. The van der Waals surface area contributed by atoms with Crippen LogP contribution in [0.3, 0.4) is 0 Å². The monoisotopic (exact) mass is 522 g/mol. The Morgan fingerprint density at radius 1 is 1.30 bits per heavy atom. The van der Waals surface area contributed by atoms with Gasteiger partial charge in [0.05, 0.1) is 12.2 Å². The Bertz CT molecular complexity index is 946. The summed E-state index contributed by atoms with van der Waals surface area (Å²) in [4.78, 5) is 11.4. The normalized spacial score (nSPS) is 11.5. The van der Waals surface area contributed by atoms with E-state index in [1.807, 2.05) is 36.1 Å². The molecule has 8 nitrogen and oxygen atoms in total. The highest BCUT2D eigenvalue weighted by atomic mass is 127. The summed E-state index contributed by atoms with van der Waals surface area (Å²) in [7, 11) is 4.02. The Balaban J connectivity index is 0.00000320. The van der Waals surface area contributed by atoms with Crippen molar-refractivity contribution in [2.45, 2.75) is 39.8 Å². The summed E-state index contributed by atoms with van der Waals surface area (Å²) in [6, 6.07) is 5.88. The van der Waals surface area contributed by atoms with Crippen molar-refractivity contribution in [2.24, 2.45) is 12.0 Å². The minimum Gasteiger partial charge on any atom is -0.357 e. The molecule has 3 rings (SSSR count). The number of guanidine groups is 1. The van der Waals surface area contributed by atoms with E-state index in [-0.39, 0.29) is 24.0 Å². The lowest BCUT2D eigenvalue weighted by atomic mass is 10.1. The zero-order valence-corrected chi connectivity index (χ0v) is 20.6. The second-order valence-electron chi connectivity index (χ2n) is 7.37. The number of hydrogen-bond acceptors (Lipinski definition) is 4. The number of aromatic nitrogens is 5. The van der Waals surface area contributed by atoms with Crippen LogP contribution in [0.15, 0.2) is 48.0 Å². The third-order valence-corrected chi connectivity index (χ3v) is 4.55. The van der Waals surface area contributed by atoms with Crippen LogP contribution in [0.2, 0.25) is 0 Å². The van der Waals surface area contributed by atoms with Gasteiger partial charge in [-0.2, -0.15) is 10.2 Å². The largest absolute Gasteiger partial charge is 0.357 e. The van der Waals surface area contributed by atoms with Gasteiger partial charge >= 0.3 is 0 Å². The first kappa shape index (κ1) is 23.8. The van der Waals surface area contributed by atoms with Gasteiger partial charge in [-0.05, 0) is 36.6 Å². The minimum atomic E-state index is 0. The molecule has 0 fully saturated rings. The van der Waals surface area contributed by atoms with E-state index in [1.165, 1.54) is 5.56 Å². The number of hydrogen-bond donors (Lipinski definition) is 1. The maximum absolute atomic E-state index is 4.83. The van der Waals surface area contributed by atoms with Gasteiger partial charge in [0.15, 0.2) is 11.8 Å². The van der Waals surface area contributed by atoms with Gasteiger partial charge in [0.25, 0.3) is 0 Å². The maximum atomic E-state index is 4.83. The molecule has 0 aliphatic heterocycles. The fourth-order valence-electron chi connectivity index (χ4n) is 3.22. The molecule has 162 valence electrons. The number of nitrogens with zero attached hydrogens (tertiary/aromatic N) is 7. The van der Waals surface area contributed by atoms with Crippen LogP contribution in [0.5, 0.6) is 0 Å². The molecule has 3 aromatic heterocycles. The van der Waals surface area contributed by atoms with Crippen LogP contribution in [0.25, 0.3) is 5.82 Å². The van der Waals surface area contributed by atoms with E-state index in [4.69, 9.17) is 4.99 Å². The summed E-state index contributed by atoms with van der Waals surface area (Å²) < 4.78 is 3.64. The van der Waals surface area contributed by atoms with Crippen LogP contribution in [0.1, 0.15) is 43.5 Å². The SMILES string of the molecule is CCNC(=NCc1ccnc(-n2cccn2)c1)N(C)Cc1cn(C)nc1C(C)C.I. The molecule has 0 atom stereocenters. The van der Waals surface area contributed by atoms with Crippen molar-refractivity contribution in [3.8, 4) is 5.82 Å². The number of aliphatic imine (C=N–C) groups is 1. The van der Waals surface area contributed by atoms with E-state index in [1.54, 1.807) is 17.1 Å². The highest BCUT2D eigenvalue weighted by Gasteiger charge is 2.15. The molecule has 3 aromatic rings. The topological polar surface area (TPSA) is 76.2 Å². The molecule has 9 heteroatoms. The lowest BCUT2D eigenvalue weighted by molar-refractivity contribution is 0.473. The van der Waals surface area contributed by atoms with Gasteiger partial charge in [-0.3, -0.25) is 4.68 Å². The summed E-state index contributed by atoms with van der Waals surface area (Å²) >= 11 is 0. The Hall–Kier alpha value is -2.43. The summed E-state index contributed by atoms with van der Waals surface area (Å²) in [6.07, 6.45) is 7.51. The Morgan fingerprint density at radius 3 is 2.77 bits per heavy atom. The molecule has 0 saturated heterocycles. The quantitative estimate of drug-likeness (QED) is 0.293. The molecule has 0 aromatic carbocycles. The van der Waals surface area contributed by atoms with Gasteiger partial charge < -0.3 is 10.2 Å². The molecule has 30 heavy (non-hydrogen) atoms. The number of aryl methyl sites for hydroxylation is 1. The van der Waals surface area contributed by atoms with E-state index in [9.17, 15) is 0 Å². The molecule has 0 unspecified atom stereocenters. The summed E-state index contributed by atoms with van der Waals surface area (Å²) in [5.41, 5.74) is 3.44. The zero-order valence-electron chi connectivity index (χ0n) is 18.3. The molecule has 0 bridgehead atoms. The molecule has 0 aliphatic carbocycles. The molecular weight excluding hydrogens is 491 g/mol. The predicted octanol–water partition coefficient (Wildman–Crippen LogP) is 3.34. The second kappa shape index (κ2) is 11.1. The first-order chi connectivity index (χ1) is 14.0. The molecule has 0 saturated carbocycles. The van der Waals surface area contributed by atoms with Crippen LogP contribution in [0, 0.1) is 0 Å². The molecular formula is C21H31IN8. The molecule has 1 N–H and O–H groups in total. The lowest BCUT2D eigenvalue weighted by Gasteiger charge is -2.22. The van der Waals surface area contributed by atoms with Gasteiger partial charge in [-0.25, -0.2) is 14.7 Å². The number of halogens is 1. The fourth-order valence-corrected chi connectivity index (χ4v) is 3.22. The van der Waals surface area contributed by atoms with Gasteiger partial charge in [0.1, 0.15) is 0 Å². The van der Waals surface area contributed by atoms with Crippen LogP contribution < -0.4 is 5.32 Å². The van der Waals surface area contributed by atoms with Crippen LogP contribution >= 0.6 is 24.0 Å². The first-order valence-corrected chi connectivity index (χ1v) is 9.94. The van der Waals surface area contributed by atoms with Crippen LogP contribution in [0.4, 0.5) is 0 Å².